The van der Waals surface area contributed by atoms with Crippen LogP contribution in [0.1, 0.15) is 11.1 Å². The molecule has 0 bridgehead atoms. The van der Waals surface area contributed by atoms with Gasteiger partial charge in [-0.2, -0.15) is 0 Å². The van der Waals surface area contributed by atoms with E-state index < -0.39 is 0 Å². The number of nitrogens with zero attached hydrogens (tertiary/aromatic N) is 1. The first-order chi connectivity index (χ1) is 9.47. The summed E-state index contributed by atoms with van der Waals surface area (Å²) in [7, 11) is 0. The van der Waals surface area contributed by atoms with Crippen LogP contribution in [0.4, 0.5) is 0 Å². The summed E-state index contributed by atoms with van der Waals surface area (Å²) in [5.41, 5.74) is 5.37. The molecule has 0 aliphatic heterocycles. The van der Waals surface area contributed by atoms with Crippen molar-refractivity contribution in [1.82, 2.24) is 9.55 Å². The van der Waals surface area contributed by atoms with E-state index in [1.165, 1.54) is 11.1 Å². The second kappa shape index (κ2) is 5.02. The molecule has 0 aliphatic rings. The van der Waals surface area contributed by atoms with Crippen LogP contribution in [0.15, 0.2) is 34.8 Å². The molecular weight excluding hydrogens is 356 g/mol. The summed E-state index contributed by atoms with van der Waals surface area (Å²) >= 11 is 15.1. The van der Waals surface area contributed by atoms with Gasteiger partial charge >= 0.3 is 0 Å². The number of nitrogens with one attached hydrogen (secondary N) is 1. The Kier molecular flexibility index (Phi) is 3.48. The van der Waals surface area contributed by atoms with Gasteiger partial charge < -0.3 is 4.98 Å². The minimum Gasteiger partial charge on any atom is -0.330 e. The van der Waals surface area contributed by atoms with Gasteiger partial charge in [0.25, 0.3) is 0 Å². The molecule has 1 heterocycles. The van der Waals surface area contributed by atoms with Crippen molar-refractivity contribution in [3.05, 3.63) is 55.7 Å². The topological polar surface area (TPSA) is 20.7 Å². The number of hydrogen-bond donors (Lipinski definition) is 1. The molecule has 1 N–H and O–H groups in total. The molecule has 3 aromatic rings. The summed E-state index contributed by atoms with van der Waals surface area (Å²) in [6.45, 7) is 4.15. The Balaban J connectivity index is 2.37. The Morgan fingerprint density at radius 3 is 2.45 bits per heavy atom. The van der Waals surface area contributed by atoms with Gasteiger partial charge in [-0.05, 0) is 67.5 Å². The summed E-state index contributed by atoms with van der Waals surface area (Å²) in [5, 5.41) is 0.700. The Bertz CT molecular complexity index is 856. The highest BCUT2D eigenvalue weighted by atomic mass is 79.9. The molecule has 2 nitrogen and oxygen atoms in total. The lowest BCUT2D eigenvalue weighted by molar-refractivity contribution is 1.05. The van der Waals surface area contributed by atoms with E-state index in [0.29, 0.717) is 9.79 Å². The highest BCUT2D eigenvalue weighted by Gasteiger charge is 2.09. The van der Waals surface area contributed by atoms with E-state index in [-0.39, 0.29) is 0 Å². The number of halogens is 2. The molecule has 20 heavy (non-hydrogen) atoms. The number of aromatic amines is 1. The van der Waals surface area contributed by atoms with Gasteiger partial charge in [0.05, 0.1) is 11.0 Å². The third kappa shape index (κ3) is 2.22. The molecule has 102 valence electrons. The van der Waals surface area contributed by atoms with Crippen molar-refractivity contribution >= 4 is 50.8 Å². The molecule has 3 rings (SSSR count). The van der Waals surface area contributed by atoms with Crippen LogP contribution >= 0.6 is 39.7 Å². The fourth-order valence-electron chi connectivity index (χ4n) is 2.38. The lowest BCUT2D eigenvalue weighted by Crippen LogP contribution is -1.96. The molecule has 0 fully saturated rings. The van der Waals surface area contributed by atoms with E-state index in [9.17, 15) is 0 Å². The molecule has 1 aromatic heterocycles. The van der Waals surface area contributed by atoms with Gasteiger partial charge in [-0.25, -0.2) is 0 Å². The predicted octanol–water partition coefficient (Wildman–Crippen LogP) is 5.72. The first-order valence-corrected chi connectivity index (χ1v) is 7.72. The van der Waals surface area contributed by atoms with Crippen molar-refractivity contribution < 1.29 is 0 Å². The number of aromatic nitrogens is 2. The van der Waals surface area contributed by atoms with Gasteiger partial charge in [-0.1, -0.05) is 27.5 Å². The van der Waals surface area contributed by atoms with Gasteiger partial charge in [-0.3, -0.25) is 4.57 Å². The van der Waals surface area contributed by atoms with Crippen molar-refractivity contribution in [1.29, 1.82) is 0 Å². The highest BCUT2D eigenvalue weighted by molar-refractivity contribution is 9.10. The maximum atomic E-state index is 6.11. The van der Waals surface area contributed by atoms with Crippen LogP contribution in [-0.4, -0.2) is 9.55 Å². The van der Waals surface area contributed by atoms with Crippen LogP contribution < -0.4 is 0 Å². The quantitative estimate of drug-likeness (QED) is 0.545. The van der Waals surface area contributed by atoms with E-state index in [4.69, 9.17) is 23.8 Å². The normalized spacial score (nSPS) is 11.2. The molecule has 0 aliphatic carbocycles. The van der Waals surface area contributed by atoms with E-state index in [1.807, 2.05) is 22.8 Å². The molecule has 0 spiro atoms. The van der Waals surface area contributed by atoms with Crippen LogP contribution in [0, 0.1) is 18.6 Å². The summed E-state index contributed by atoms with van der Waals surface area (Å²) in [6, 6.07) is 9.96. The van der Waals surface area contributed by atoms with Crippen LogP contribution in [0.5, 0.6) is 0 Å². The number of fused-ring (bicyclic) bond motifs is 1. The van der Waals surface area contributed by atoms with E-state index in [1.54, 1.807) is 0 Å². The molecule has 2 aromatic carbocycles. The average Bonchev–Trinajstić information content (AvgIpc) is 2.70. The average molecular weight is 368 g/mol. The molecular formula is C15H12BrClN2S. The zero-order valence-electron chi connectivity index (χ0n) is 11.0. The number of H-pyrrole nitrogens is 1. The van der Waals surface area contributed by atoms with Crippen molar-refractivity contribution in [3.63, 3.8) is 0 Å². The lowest BCUT2D eigenvalue weighted by atomic mass is 10.1. The number of aryl methyl sites for hydroxylation is 2. The second-order valence-electron chi connectivity index (χ2n) is 4.82. The molecule has 0 saturated heterocycles. The zero-order valence-corrected chi connectivity index (χ0v) is 14.2. The monoisotopic (exact) mass is 366 g/mol. The van der Waals surface area contributed by atoms with Crippen molar-refractivity contribution in [3.8, 4) is 5.69 Å². The maximum Gasteiger partial charge on any atom is 0.182 e. The van der Waals surface area contributed by atoms with Crippen LogP contribution in [0.2, 0.25) is 5.02 Å². The largest absolute Gasteiger partial charge is 0.330 e. The minimum absolute atomic E-state index is 0.670. The molecule has 0 saturated carbocycles. The van der Waals surface area contributed by atoms with Gasteiger partial charge in [-0.15, -0.1) is 0 Å². The highest BCUT2D eigenvalue weighted by Crippen LogP contribution is 2.28. The Labute approximate surface area is 135 Å². The number of imidazole rings is 1. The molecule has 0 amide bonds. The van der Waals surface area contributed by atoms with Gasteiger partial charge in [0.1, 0.15) is 0 Å². The van der Waals surface area contributed by atoms with Crippen molar-refractivity contribution in [2.24, 2.45) is 0 Å². The second-order valence-corrected chi connectivity index (χ2v) is 6.44. The smallest absolute Gasteiger partial charge is 0.182 e. The van der Waals surface area contributed by atoms with Crippen molar-refractivity contribution in [2.45, 2.75) is 13.8 Å². The van der Waals surface area contributed by atoms with Crippen LogP contribution in [-0.2, 0) is 0 Å². The van der Waals surface area contributed by atoms with E-state index in [0.717, 1.165) is 21.2 Å². The Morgan fingerprint density at radius 2 is 1.80 bits per heavy atom. The van der Waals surface area contributed by atoms with Crippen LogP contribution in [0.3, 0.4) is 0 Å². The van der Waals surface area contributed by atoms with Gasteiger partial charge in [0, 0.05) is 15.2 Å². The maximum absolute atomic E-state index is 6.11. The summed E-state index contributed by atoms with van der Waals surface area (Å²) in [5.74, 6) is 0. The van der Waals surface area contributed by atoms with E-state index in [2.05, 4.69) is 46.9 Å². The molecule has 0 radical (unpaired) electrons. The van der Waals surface area contributed by atoms with Gasteiger partial charge in [0.15, 0.2) is 4.77 Å². The Hall–Kier alpha value is -1.10. The summed E-state index contributed by atoms with van der Waals surface area (Å²) in [4.78, 5) is 3.21. The first-order valence-electron chi connectivity index (χ1n) is 6.15. The number of benzene rings is 2. The predicted molar refractivity (Wildman–Crippen MR) is 90.6 cm³/mol. The van der Waals surface area contributed by atoms with Crippen molar-refractivity contribution in [2.75, 3.05) is 0 Å². The fourth-order valence-corrected chi connectivity index (χ4v) is 3.09. The van der Waals surface area contributed by atoms with Crippen LogP contribution in [0.25, 0.3) is 16.7 Å². The minimum atomic E-state index is 0.670. The number of hydrogen-bond acceptors (Lipinski definition) is 1. The van der Waals surface area contributed by atoms with E-state index >= 15 is 0 Å². The zero-order chi connectivity index (χ0) is 14.4. The lowest BCUT2D eigenvalue weighted by Gasteiger charge is -2.10. The number of rotatable bonds is 1. The SMILES string of the molecule is Cc1cc(-n2c(=S)[nH]c3ccc(Cl)cc32)cc(C)c1Br. The molecule has 5 heteroatoms. The van der Waals surface area contributed by atoms with Gasteiger partial charge in [0.2, 0.25) is 0 Å². The third-order valence-electron chi connectivity index (χ3n) is 3.32. The Morgan fingerprint density at radius 1 is 1.15 bits per heavy atom. The standard InChI is InChI=1S/C15H12BrClN2S/c1-8-5-11(6-9(2)14(8)16)19-13-7-10(17)3-4-12(13)18-15(19)20/h3-7H,1-2H3,(H,18,20). The molecule has 0 atom stereocenters. The molecule has 0 unspecified atom stereocenters. The first kappa shape index (κ1) is 13.9. The summed E-state index contributed by atoms with van der Waals surface area (Å²) in [6.07, 6.45) is 0. The fraction of sp³-hybridized carbons (Fsp3) is 0.133. The summed E-state index contributed by atoms with van der Waals surface area (Å²) < 4.78 is 3.82. The third-order valence-corrected chi connectivity index (χ3v) is 5.10.